The quantitative estimate of drug-likeness (QED) is 0.486. The minimum atomic E-state index is -4.27. The van der Waals surface area contributed by atoms with E-state index in [1.165, 1.54) is 4.88 Å². The fourth-order valence-corrected chi connectivity index (χ4v) is 4.97. The van der Waals surface area contributed by atoms with E-state index in [4.69, 9.17) is 0 Å². The second-order valence-electron chi connectivity index (χ2n) is 8.68. The largest absolute Gasteiger partial charge is 0.396 e. The van der Waals surface area contributed by atoms with Gasteiger partial charge in [0, 0.05) is 29.4 Å². The molecule has 0 radical (unpaired) electrons. The molecule has 1 atom stereocenters. The van der Waals surface area contributed by atoms with E-state index in [1.54, 1.807) is 56.4 Å². The molecule has 1 aliphatic heterocycles. The molecule has 0 N–H and O–H groups in total. The fraction of sp³-hybridized carbons (Fsp3) is 0.545. The molecule has 1 unspecified atom stereocenters. The smallest absolute Gasteiger partial charge is 0.298 e. The Balaban J connectivity index is 1.72. The van der Waals surface area contributed by atoms with Crippen LogP contribution in [-0.4, -0.2) is 30.3 Å². The summed E-state index contributed by atoms with van der Waals surface area (Å²) in [5, 5.41) is 0. The lowest BCUT2D eigenvalue weighted by molar-refractivity contribution is -0.171. The lowest BCUT2D eigenvalue weighted by Crippen LogP contribution is -2.33. The second-order valence-corrected chi connectivity index (χ2v) is 9.85. The van der Waals surface area contributed by atoms with E-state index >= 15 is 0 Å². The van der Waals surface area contributed by atoms with E-state index in [1.807, 2.05) is 6.07 Å². The standard InChI is InChI=1S/C22H27F4NS/c1-21(2,3)20(22(24,25)26)16-6-4-15(5-7-16)19-9-8-18(28-19)14-27-12-10-17(23)11-13-27/h4-9,17,20H,10-14H2,1-3H3. The summed E-state index contributed by atoms with van der Waals surface area (Å²) in [5.41, 5.74) is 0.329. The van der Waals surface area contributed by atoms with Crippen molar-refractivity contribution in [2.45, 2.75) is 58.4 Å². The topological polar surface area (TPSA) is 3.24 Å². The van der Waals surface area contributed by atoms with E-state index in [0.717, 1.165) is 30.1 Å². The third-order valence-corrected chi connectivity index (χ3v) is 6.40. The number of hydrogen-bond acceptors (Lipinski definition) is 2. The lowest BCUT2D eigenvalue weighted by atomic mass is 9.76. The molecule has 1 aromatic heterocycles. The normalized spacial score (nSPS) is 18.4. The number of alkyl halides is 4. The average molecular weight is 414 g/mol. The SMILES string of the molecule is CC(C)(C)C(c1ccc(-c2ccc(CN3CCC(F)CC3)s2)cc1)C(F)(F)F. The van der Waals surface area contributed by atoms with E-state index < -0.39 is 23.7 Å². The Kier molecular flexibility index (Phi) is 6.20. The number of likely N-dealkylation sites (tertiary alicyclic amines) is 1. The van der Waals surface area contributed by atoms with Crippen LogP contribution in [0.1, 0.15) is 50.0 Å². The van der Waals surface area contributed by atoms with Crippen LogP contribution in [0, 0.1) is 5.41 Å². The Labute approximate surface area is 168 Å². The van der Waals surface area contributed by atoms with Crippen LogP contribution in [0.4, 0.5) is 17.6 Å². The number of thiophene rings is 1. The Morgan fingerprint density at radius 2 is 1.61 bits per heavy atom. The van der Waals surface area contributed by atoms with Crippen molar-refractivity contribution < 1.29 is 17.6 Å². The molecule has 2 heterocycles. The van der Waals surface area contributed by atoms with Crippen LogP contribution in [0.5, 0.6) is 0 Å². The zero-order chi connectivity index (χ0) is 20.5. The summed E-state index contributed by atoms with van der Waals surface area (Å²) in [6, 6.07) is 10.8. The fourth-order valence-electron chi connectivity index (χ4n) is 3.92. The summed E-state index contributed by atoms with van der Waals surface area (Å²) < 4.78 is 53.9. The number of rotatable bonds is 4. The van der Waals surface area contributed by atoms with Gasteiger partial charge in [-0.2, -0.15) is 13.2 Å². The van der Waals surface area contributed by atoms with Gasteiger partial charge in [-0.05, 0) is 41.5 Å². The van der Waals surface area contributed by atoms with E-state index in [-0.39, 0.29) is 0 Å². The minimum absolute atomic E-state index is 0.301. The molecule has 3 rings (SSSR count). The van der Waals surface area contributed by atoms with Crippen molar-refractivity contribution in [3.63, 3.8) is 0 Å². The van der Waals surface area contributed by atoms with Crippen molar-refractivity contribution in [2.24, 2.45) is 5.41 Å². The first-order chi connectivity index (χ1) is 13.0. The summed E-state index contributed by atoms with van der Waals surface area (Å²) in [4.78, 5) is 4.49. The zero-order valence-corrected chi connectivity index (χ0v) is 17.3. The molecule has 1 saturated heterocycles. The van der Waals surface area contributed by atoms with E-state index in [0.29, 0.717) is 18.4 Å². The Morgan fingerprint density at radius 3 is 2.14 bits per heavy atom. The van der Waals surface area contributed by atoms with Gasteiger partial charge in [-0.3, -0.25) is 4.90 Å². The summed E-state index contributed by atoms with van der Waals surface area (Å²) in [5.74, 6) is -1.49. The lowest BCUT2D eigenvalue weighted by Gasteiger charge is -2.32. The molecule has 2 aromatic rings. The molecular weight excluding hydrogens is 386 g/mol. The first-order valence-electron chi connectivity index (χ1n) is 9.66. The molecule has 1 aromatic carbocycles. The van der Waals surface area contributed by atoms with Crippen LogP contribution in [0.25, 0.3) is 10.4 Å². The van der Waals surface area contributed by atoms with Crippen molar-refractivity contribution in [3.05, 3.63) is 46.8 Å². The van der Waals surface area contributed by atoms with Crippen LogP contribution in [0.3, 0.4) is 0 Å². The summed E-state index contributed by atoms with van der Waals surface area (Å²) in [6.45, 7) is 7.21. The van der Waals surface area contributed by atoms with Gasteiger partial charge >= 0.3 is 6.18 Å². The molecule has 0 bridgehead atoms. The number of benzene rings is 1. The van der Waals surface area contributed by atoms with Crippen molar-refractivity contribution in [3.8, 4) is 10.4 Å². The van der Waals surface area contributed by atoms with Gasteiger partial charge in [0.1, 0.15) is 6.17 Å². The number of hydrogen-bond donors (Lipinski definition) is 0. The average Bonchev–Trinajstić information content (AvgIpc) is 3.03. The van der Waals surface area contributed by atoms with Crippen molar-refractivity contribution in [2.75, 3.05) is 13.1 Å². The third kappa shape index (κ3) is 5.15. The first-order valence-corrected chi connectivity index (χ1v) is 10.5. The number of halogens is 4. The Morgan fingerprint density at radius 1 is 1.00 bits per heavy atom. The first kappa shape index (κ1) is 21.3. The van der Waals surface area contributed by atoms with Crippen molar-refractivity contribution >= 4 is 11.3 Å². The van der Waals surface area contributed by atoms with Gasteiger partial charge in [0.2, 0.25) is 0 Å². The van der Waals surface area contributed by atoms with Crippen LogP contribution in [0.15, 0.2) is 36.4 Å². The van der Waals surface area contributed by atoms with Gasteiger partial charge in [-0.15, -0.1) is 11.3 Å². The maximum absolute atomic E-state index is 13.5. The molecule has 0 amide bonds. The highest BCUT2D eigenvalue weighted by molar-refractivity contribution is 7.15. The van der Waals surface area contributed by atoms with Crippen LogP contribution in [0.2, 0.25) is 0 Å². The Bertz CT molecular complexity index is 751. The van der Waals surface area contributed by atoms with Crippen LogP contribution >= 0.6 is 11.3 Å². The molecule has 1 aliphatic rings. The maximum Gasteiger partial charge on any atom is 0.396 e. The highest BCUT2D eigenvalue weighted by atomic mass is 32.1. The molecule has 6 heteroatoms. The van der Waals surface area contributed by atoms with Gasteiger partial charge in [0.25, 0.3) is 0 Å². The van der Waals surface area contributed by atoms with Crippen molar-refractivity contribution in [1.82, 2.24) is 4.90 Å². The molecule has 0 aliphatic carbocycles. The zero-order valence-electron chi connectivity index (χ0n) is 16.5. The highest BCUT2D eigenvalue weighted by Crippen LogP contribution is 2.47. The number of piperidine rings is 1. The highest BCUT2D eigenvalue weighted by Gasteiger charge is 2.47. The molecule has 1 fully saturated rings. The molecule has 0 saturated carbocycles. The second kappa shape index (κ2) is 8.15. The predicted octanol–water partition coefficient (Wildman–Crippen LogP) is 7.04. The molecule has 28 heavy (non-hydrogen) atoms. The molecule has 0 spiro atoms. The molecule has 1 nitrogen and oxygen atoms in total. The maximum atomic E-state index is 13.5. The van der Waals surface area contributed by atoms with Gasteiger partial charge in [0.05, 0.1) is 5.92 Å². The van der Waals surface area contributed by atoms with Crippen molar-refractivity contribution in [1.29, 1.82) is 0 Å². The molecular formula is C22H27F4NS. The van der Waals surface area contributed by atoms with E-state index in [9.17, 15) is 17.6 Å². The monoisotopic (exact) mass is 413 g/mol. The third-order valence-electron chi connectivity index (χ3n) is 5.28. The van der Waals surface area contributed by atoms with E-state index in [2.05, 4.69) is 11.0 Å². The van der Waals surface area contributed by atoms with Crippen LogP contribution < -0.4 is 0 Å². The summed E-state index contributed by atoms with van der Waals surface area (Å²) in [7, 11) is 0. The van der Waals surface area contributed by atoms with Gasteiger partial charge in [-0.1, -0.05) is 45.0 Å². The summed E-state index contributed by atoms with van der Waals surface area (Å²) >= 11 is 1.65. The van der Waals surface area contributed by atoms with Gasteiger partial charge < -0.3 is 0 Å². The predicted molar refractivity (Wildman–Crippen MR) is 107 cm³/mol. The molecule has 154 valence electrons. The van der Waals surface area contributed by atoms with Gasteiger partial charge in [-0.25, -0.2) is 4.39 Å². The minimum Gasteiger partial charge on any atom is -0.298 e. The van der Waals surface area contributed by atoms with Crippen LogP contribution in [-0.2, 0) is 6.54 Å². The summed E-state index contributed by atoms with van der Waals surface area (Å²) in [6.07, 6.45) is -3.77. The number of nitrogens with zero attached hydrogens (tertiary/aromatic N) is 1. The van der Waals surface area contributed by atoms with Gasteiger partial charge in [0.15, 0.2) is 0 Å². The Hall–Kier alpha value is -1.40.